The van der Waals surface area contributed by atoms with E-state index in [9.17, 15) is 0 Å². The van der Waals surface area contributed by atoms with E-state index in [-0.39, 0.29) is 0 Å². The van der Waals surface area contributed by atoms with Gasteiger partial charge in [-0.25, -0.2) is 9.97 Å². The molecule has 0 atom stereocenters. The van der Waals surface area contributed by atoms with Gasteiger partial charge >= 0.3 is 0 Å². The highest BCUT2D eigenvalue weighted by Crippen LogP contribution is 2.45. The molecule has 0 aromatic carbocycles. The first-order valence-corrected chi connectivity index (χ1v) is 7.86. The molecule has 0 unspecified atom stereocenters. The zero-order valence-corrected chi connectivity index (χ0v) is 12.3. The van der Waals surface area contributed by atoms with Gasteiger partial charge in [-0.1, -0.05) is 6.07 Å². The van der Waals surface area contributed by atoms with E-state index in [1.807, 2.05) is 25.3 Å². The number of thiophene rings is 2. The van der Waals surface area contributed by atoms with Crippen LogP contribution in [0, 0.1) is 6.92 Å². The molecule has 98 valence electrons. The topological polar surface area (TPSA) is 38.9 Å². The van der Waals surface area contributed by atoms with Crippen molar-refractivity contribution in [1.82, 2.24) is 9.97 Å². The Balaban J connectivity index is 2.09. The second kappa shape index (κ2) is 4.54. The van der Waals surface area contributed by atoms with Crippen molar-refractivity contribution in [2.75, 3.05) is 0 Å². The molecule has 5 heteroatoms. The molecular formula is C15H10N2OS2. The van der Waals surface area contributed by atoms with Crippen LogP contribution in [0.4, 0.5) is 0 Å². The SMILES string of the molecule is Cc1ncc2c(-c3cccs3)c(-c3ccco3)sc2n1. The Morgan fingerprint density at radius 3 is 2.90 bits per heavy atom. The predicted molar refractivity (Wildman–Crippen MR) is 83.2 cm³/mol. The quantitative estimate of drug-likeness (QED) is 0.523. The molecule has 3 nitrogen and oxygen atoms in total. The summed E-state index contributed by atoms with van der Waals surface area (Å²) < 4.78 is 5.58. The standard InChI is InChI=1S/C15H10N2OS2/c1-9-16-8-10-13(12-5-3-7-19-12)14(20-15(10)17-9)11-4-2-6-18-11/h2-8H,1H3. The molecule has 4 heterocycles. The maximum atomic E-state index is 5.58. The van der Waals surface area contributed by atoms with Gasteiger partial charge in [-0.3, -0.25) is 0 Å². The summed E-state index contributed by atoms with van der Waals surface area (Å²) in [4.78, 5) is 12.2. The fourth-order valence-electron chi connectivity index (χ4n) is 2.22. The summed E-state index contributed by atoms with van der Waals surface area (Å²) in [6, 6.07) is 8.08. The number of nitrogens with zero attached hydrogens (tertiary/aromatic N) is 2. The Bertz CT molecular complexity index is 861. The van der Waals surface area contributed by atoms with Gasteiger partial charge in [0.2, 0.25) is 0 Å². The molecule has 0 N–H and O–H groups in total. The number of rotatable bonds is 2. The summed E-state index contributed by atoms with van der Waals surface area (Å²) in [5.74, 6) is 1.68. The van der Waals surface area contributed by atoms with Gasteiger partial charge in [-0.2, -0.15) is 0 Å². The predicted octanol–water partition coefficient (Wildman–Crippen LogP) is 4.99. The van der Waals surface area contributed by atoms with Crippen LogP contribution in [-0.4, -0.2) is 9.97 Å². The van der Waals surface area contributed by atoms with E-state index in [0.717, 1.165) is 26.7 Å². The van der Waals surface area contributed by atoms with Crippen LogP contribution in [0.3, 0.4) is 0 Å². The van der Waals surface area contributed by atoms with Crippen molar-refractivity contribution in [3.05, 3.63) is 47.9 Å². The Kier molecular flexibility index (Phi) is 2.68. The number of furan rings is 1. The first kappa shape index (κ1) is 11.8. The van der Waals surface area contributed by atoms with Crippen LogP contribution in [0.25, 0.3) is 31.3 Å². The third-order valence-electron chi connectivity index (χ3n) is 3.08. The zero-order valence-electron chi connectivity index (χ0n) is 10.7. The number of aryl methyl sites for hydroxylation is 1. The molecule has 4 aromatic heterocycles. The normalized spacial score (nSPS) is 11.2. The van der Waals surface area contributed by atoms with Crippen LogP contribution < -0.4 is 0 Å². The maximum absolute atomic E-state index is 5.58. The smallest absolute Gasteiger partial charge is 0.144 e. The third-order valence-corrected chi connectivity index (χ3v) is 5.08. The zero-order chi connectivity index (χ0) is 13.5. The first-order chi connectivity index (χ1) is 9.83. The molecule has 0 amide bonds. The minimum atomic E-state index is 0.794. The van der Waals surface area contributed by atoms with E-state index < -0.39 is 0 Å². The van der Waals surface area contributed by atoms with Crippen LogP contribution in [0.2, 0.25) is 0 Å². The first-order valence-electron chi connectivity index (χ1n) is 6.17. The van der Waals surface area contributed by atoms with E-state index >= 15 is 0 Å². The van der Waals surface area contributed by atoms with Gasteiger partial charge in [0.05, 0.1) is 11.1 Å². The van der Waals surface area contributed by atoms with E-state index in [0.29, 0.717) is 0 Å². The van der Waals surface area contributed by atoms with Gasteiger partial charge in [0.1, 0.15) is 16.4 Å². The molecule has 0 bridgehead atoms. The van der Waals surface area contributed by atoms with Gasteiger partial charge in [0.25, 0.3) is 0 Å². The van der Waals surface area contributed by atoms with E-state index in [2.05, 4.69) is 27.5 Å². The average molecular weight is 298 g/mol. The van der Waals surface area contributed by atoms with Crippen molar-refractivity contribution in [1.29, 1.82) is 0 Å². The van der Waals surface area contributed by atoms with E-state index in [1.54, 1.807) is 28.9 Å². The van der Waals surface area contributed by atoms with Crippen LogP contribution in [0.5, 0.6) is 0 Å². The summed E-state index contributed by atoms with van der Waals surface area (Å²) in [5.41, 5.74) is 1.18. The van der Waals surface area contributed by atoms with Gasteiger partial charge in [0, 0.05) is 22.0 Å². The van der Waals surface area contributed by atoms with Crippen LogP contribution in [0.1, 0.15) is 5.82 Å². The fraction of sp³-hybridized carbons (Fsp3) is 0.0667. The van der Waals surface area contributed by atoms with Crippen LogP contribution >= 0.6 is 22.7 Å². The van der Waals surface area contributed by atoms with Crippen molar-refractivity contribution in [2.24, 2.45) is 0 Å². The Morgan fingerprint density at radius 2 is 2.15 bits per heavy atom. The van der Waals surface area contributed by atoms with Crippen LogP contribution in [0.15, 0.2) is 46.5 Å². The second-order valence-electron chi connectivity index (χ2n) is 4.40. The summed E-state index contributed by atoms with van der Waals surface area (Å²) in [6.45, 7) is 1.91. The molecule has 0 saturated carbocycles. The third kappa shape index (κ3) is 1.78. The number of hydrogen-bond acceptors (Lipinski definition) is 5. The van der Waals surface area contributed by atoms with Crippen molar-refractivity contribution in [2.45, 2.75) is 6.92 Å². The Hall–Kier alpha value is -1.98. The lowest BCUT2D eigenvalue weighted by Crippen LogP contribution is -1.84. The van der Waals surface area contributed by atoms with Gasteiger partial charge < -0.3 is 4.42 Å². The molecule has 4 aromatic rings. The monoisotopic (exact) mass is 298 g/mol. The molecule has 0 aliphatic carbocycles. The summed E-state index contributed by atoms with van der Waals surface area (Å²) >= 11 is 3.38. The number of hydrogen-bond donors (Lipinski definition) is 0. The van der Waals surface area contributed by atoms with Crippen molar-refractivity contribution >= 4 is 32.9 Å². The highest BCUT2D eigenvalue weighted by atomic mass is 32.1. The summed E-state index contributed by atoms with van der Waals surface area (Å²) in [7, 11) is 0. The summed E-state index contributed by atoms with van der Waals surface area (Å²) in [6.07, 6.45) is 3.62. The number of aromatic nitrogens is 2. The fourth-order valence-corrected chi connectivity index (χ4v) is 4.25. The van der Waals surface area contributed by atoms with Crippen molar-refractivity contribution in [3.8, 4) is 21.1 Å². The molecule has 0 fully saturated rings. The average Bonchev–Trinajstić information content (AvgIpc) is 3.17. The summed E-state index contributed by atoms with van der Waals surface area (Å²) in [5, 5.41) is 3.18. The van der Waals surface area contributed by atoms with Gasteiger partial charge in [-0.05, 0) is 30.5 Å². The van der Waals surface area contributed by atoms with Crippen LogP contribution in [-0.2, 0) is 0 Å². The highest BCUT2D eigenvalue weighted by Gasteiger charge is 2.19. The molecule has 4 rings (SSSR count). The molecule has 0 aliphatic rings. The second-order valence-corrected chi connectivity index (χ2v) is 6.34. The molecule has 0 radical (unpaired) electrons. The lowest BCUT2D eigenvalue weighted by Gasteiger charge is -1.99. The molecule has 0 saturated heterocycles. The minimum Gasteiger partial charge on any atom is -0.463 e. The lowest BCUT2D eigenvalue weighted by molar-refractivity contribution is 0.584. The number of fused-ring (bicyclic) bond motifs is 1. The van der Waals surface area contributed by atoms with E-state index in [1.165, 1.54) is 10.4 Å². The molecule has 0 spiro atoms. The molecule has 20 heavy (non-hydrogen) atoms. The Morgan fingerprint density at radius 1 is 1.20 bits per heavy atom. The van der Waals surface area contributed by atoms with Gasteiger partial charge in [-0.15, -0.1) is 22.7 Å². The van der Waals surface area contributed by atoms with Crippen molar-refractivity contribution in [3.63, 3.8) is 0 Å². The minimum absolute atomic E-state index is 0.794. The molecular weight excluding hydrogens is 288 g/mol. The molecule has 0 aliphatic heterocycles. The lowest BCUT2D eigenvalue weighted by atomic mass is 10.1. The van der Waals surface area contributed by atoms with E-state index in [4.69, 9.17) is 4.42 Å². The van der Waals surface area contributed by atoms with Crippen molar-refractivity contribution < 1.29 is 4.42 Å². The Labute approximate surface area is 123 Å². The highest BCUT2D eigenvalue weighted by molar-refractivity contribution is 7.23. The largest absolute Gasteiger partial charge is 0.463 e. The maximum Gasteiger partial charge on any atom is 0.144 e. The van der Waals surface area contributed by atoms with Gasteiger partial charge in [0.15, 0.2) is 0 Å².